The van der Waals surface area contributed by atoms with Crippen molar-refractivity contribution in [2.75, 3.05) is 52.9 Å². The first-order valence-corrected chi connectivity index (χ1v) is 10.8. The molecule has 1 unspecified atom stereocenters. The van der Waals surface area contributed by atoms with Crippen LogP contribution in [-0.2, 0) is 6.54 Å². The number of benzene rings is 1. The van der Waals surface area contributed by atoms with Gasteiger partial charge in [0.2, 0.25) is 0 Å². The first-order chi connectivity index (χ1) is 13.7. The van der Waals surface area contributed by atoms with Crippen LogP contribution in [-0.4, -0.2) is 74.7 Å². The molecule has 1 aromatic carbocycles. The van der Waals surface area contributed by atoms with Gasteiger partial charge in [-0.25, -0.2) is 0 Å². The van der Waals surface area contributed by atoms with Gasteiger partial charge in [0.1, 0.15) is 12.4 Å². The van der Waals surface area contributed by atoms with Gasteiger partial charge >= 0.3 is 0 Å². The molecule has 1 aromatic rings. The molecule has 0 spiro atoms. The Kier molecular flexibility index (Phi) is 10.1. The fourth-order valence-corrected chi connectivity index (χ4v) is 3.77. The Hall–Kier alpha value is -1.79. The molecule has 2 N–H and O–H groups in total. The number of likely N-dealkylation sites (N-methyl/N-ethyl adjacent to an activating group) is 2. The average molecular weight is 390 g/mol. The third kappa shape index (κ3) is 6.99. The minimum atomic E-state index is 0.610. The van der Waals surface area contributed by atoms with Crippen molar-refractivity contribution in [1.82, 2.24) is 20.4 Å². The van der Waals surface area contributed by atoms with Gasteiger partial charge in [-0.15, -0.1) is 0 Å². The first-order valence-electron chi connectivity index (χ1n) is 10.8. The summed E-state index contributed by atoms with van der Waals surface area (Å²) < 4.78 is 6.06. The van der Waals surface area contributed by atoms with Crippen molar-refractivity contribution in [3.05, 3.63) is 29.8 Å². The van der Waals surface area contributed by atoms with E-state index < -0.39 is 0 Å². The van der Waals surface area contributed by atoms with E-state index in [4.69, 9.17) is 4.74 Å². The van der Waals surface area contributed by atoms with E-state index in [-0.39, 0.29) is 0 Å². The molecule has 0 aliphatic carbocycles. The number of ether oxygens (including phenoxy) is 1. The van der Waals surface area contributed by atoms with E-state index in [1.165, 1.54) is 19.4 Å². The Balaban J connectivity index is 1.81. The van der Waals surface area contributed by atoms with Crippen LogP contribution in [0.25, 0.3) is 0 Å². The van der Waals surface area contributed by atoms with Gasteiger partial charge in [0.25, 0.3) is 0 Å². The highest BCUT2D eigenvalue weighted by Gasteiger charge is 2.22. The van der Waals surface area contributed by atoms with Crippen molar-refractivity contribution in [2.24, 2.45) is 4.99 Å². The summed E-state index contributed by atoms with van der Waals surface area (Å²) in [6, 6.07) is 8.86. The lowest BCUT2D eigenvalue weighted by Crippen LogP contribution is -2.44. The molecule has 158 valence electrons. The maximum Gasteiger partial charge on any atom is 0.191 e. The summed E-state index contributed by atoms with van der Waals surface area (Å²) in [6.45, 7) is 14.4. The van der Waals surface area contributed by atoms with Gasteiger partial charge in [0.05, 0.1) is 0 Å². The van der Waals surface area contributed by atoms with E-state index in [0.29, 0.717) is 19.2 Å². The zero-order chi connectivity index (χ0) is 20.2. The smallest absolute Gasteiger partial charge is 0.191 e. The van der Waals surface area contributed by atoms with E-state index >= 15 is 0 Å². The number of nitrogens with one attached hydrogen (secondary N) is 2. The molecule has 0 radical (unpaired) electrons. The normalized spacial score (nSPS) is 17.9. The zero-order valence-electron chi connectivity index (χ0n) is 18.2. The van der Waals surface area contributed by atoms with E-state index in [0.717, 1.165) is 50.0 Å². The van der Waals surface area contributed by atoms with E-state index in [1.54, 1.807) is 0 Å². The molecule has 6 nitrogen and oxygen atoms in total. The molecule has 0 amide bonds. The van der Waals surface area contributed by atoms with Crippen LogP contribution >= 0.6 is 0 Å². The summed E-state index contributed by atoms with van der Waals surface area (Å²) >= 11 is 0. The molecule has 1 heterocycles. The van der Waals surface area contributed by atoms with Crippen molar-refractivity contribution in [3.8, 4) is 5.75 Å². The van der Waals surface area contributed by atoms with E-state index in [9.17, 15) is 0 Å². The summed E-state index contributed by atoms with van der Waals surface area (Å²) in [5.41, 5.74) is 1.15. The van der Waals surface area contributed by atoms with Crippen molar-refractivity contribution < 1.29 is 4.74 Å². The van der Waals surface area contributed by atoms with E-state index in [1.807, 2.05) is 19.2 Å². The Morgan fingerprint density at radius 2 is 2.00 bits per heavy atom. The highest BCUT2D eigenvalue weighted by molar-refractivity contribution is 5.79. The summed E-state index contributed by atoms with van der Waals surface area (Å²) in [6.07, 6.45) is 2.56. The quantitative estimate of drug-likeness (QED) is 0.450. The third-order valence-electron chi connectivity index (χ3n) is 5.61. The van der Waals surface area contributed by atoms with Crippen LogP contribution < -0.4 is 15.4 Å². The fourth-order valence-electron chi connectivity index (χ4n) is 3.77. The average Bonchev–Trinajstić information content (AvgIpc) is 3.20. The molecule has 2 rings (SSSR count). The number of hydrogen-bond acceptors (Lipinski definition) is 4. The first kappa shape index (κ1) is 22.5. The molecule has 1 saturated heterocycles. The Morgan fingerprint density at radius 3 is 2.71 bits per heavy atom. The van der Waals surface area contributed by atoms with Crippen LogP contribution in [0.4, 0.5) is 0 Å². The van der Waals surface area contributed by atoms with Crippen LogP contribution in [0.3, 0.4) is 0 Å². The van der Waals surface area contributed by atoms with Gasteiger partial charge in [-0.2, -0.15) is 0 Å². The van der Waals surface area contributed by atoms with Gasteiger partial charge in [0, 0.05) is 38.3 Å². The number of para-hydroxylation sites is 1. The van der Waals surface area contributed by atoms with Crippen LogP contribution in [0.1, 0.15) is 39.2 Å². The van der Waals surface area contributed by atoms with Crippen LogP contribution in [0, 0.1) is 0 Å². The molecular formula is C22H39N5O. The predicted molar refractivity (Wildman–Crippen MR) is 118 cm³/mol. The summed E-state index contributed by atoms with van der Waals surface area (Å²) in [7, 11) is 1.83. The number of nitrogens with zero attached hydrogens (tertiary/aromatic N) is 3. The summed E-state index contributed by atoms with van der Waals surface area (Å²) in [5.74, 6) is 1.80. The number of guanidine groups is 1. The maximum atomic E-state index is 6.06. The van der Waals surface area contributed by atoms with Gasteiger partial charge in [-0.05, 0) is 45.1 Å². The second-order valence-electron chi connectivity index (χ2n) is 7.21. The minimum Gasteiger partial charge on any atom is -0.492 e. The van der Waals surface area contributed by atoms with Gasteiger partial charge in [-0.3, -0.25) is 9.89 Å². The zero-order valence-corrected chi connectivity index (χ0v) is 18.2. The molecule has 1 fully saturated rings. The predicted octanol–water partition coefficient (Wildman–Crippen LogP) is 2.56. The molecule has 1 aliphatic heterocycles. The number of aliphatic imine (C=N–C) groups is 1. The molecule has 1 aliphatic rings. The lowest BCUT2D eigenvalue weighted by Gasteiger charge is -2.24. The van der Waals surface area contributed by atoms with E-state index in [2.05, 4.69) is 58.3 Å². The standard InChI is InChI=1S/C22H39N5O/c1-5-26(6-2)15-16-28-21-13-9-8-11-19(21)17-24-22(23-4)25-18-20-12-10-14-27(20)7-3/h8-9,11,13,20H,5-7,10,12,14-18H2,1-4H3,(H2,23,24,25). The highest BCUT2D eigenvalue weighted by atomic mass is 16.5. The fraction of sp³-hybridized carbons (Fsp3) is 0.682. The summed E-state index contributed by atoms with van der Waals surface area (Å²) in [4.78, 5) is 9.29. The van der Waals surface area contributed by atoms with Crippen molar-refractivity contribution in [2.45, 2.75) is 46.2 Å². The third-order valence-corrected chi connectivity index (χ3v) is 5.61. The second kappa shape index (κ2) is 12.6. The number of hydrogen-bond donors (Lipinski definition) is 2. The SMILES string of the molecule is CCN(CC)CCOc1ccccc1CNC(=NC)NCC1CCCN1CC. The maximum absolute atomic E-state index is 6.06. The van der Waals surface area contributed by atoms with Crippen LogP contribution in [0.5, 0.6) is 5.75 Å². The topological polar surface area (TPSA) is 52.1 Å². The molecular weight excluding hydrogens is 350 g/mol. The minimum absolute atomic E-state index is 0.610. The molecule has 0 bridgehead atoms. The monoisotopic (exact) mass is 389 g/mol. The molecule has 0 saturated carbocycles. The lowest BCUT2D eigenvalue weighted by atomic mass is 10.2. The van der Waals surface area contributed by atoms with Crippen molar-refractivity contribution in [3.63, 3.8) is 0 Å². The molecule has 0 aromatic heterocycles. The van der Waals surface area contributed by atoms with Gasteiger partial charge in [0.15, 0.2) is 5.96 Å². The number of rotatable bonds is 11. The Labute approximate surface area is 171 Å². The second-order valence-corrected chi connectivity index (χ2v) is 7.21. The van der Waals surface area contributed by atoms with Gasteiger partial charge < -0.3 is 20.3 Å². The van der Waals surface area contributed by atoms with Crippen LogP contribution in [0.15, 0.2) is 29.3 Å². The van der Waals surface area contributed by atoms with Crippen molar-refractivity contribution >= 4 is 5.96 Å². The number of likely N-dealkylation sites (tertiary alicyclic amines) is 1. The lowest BCUT2D eigenvalue weighted by molar-refractivity contribution is 0.221. The molecule has 1 atom stereocenters. The van der Waals surface area contributed by atoms with Crippen LogP contribution in [0.2, 0.25) is 0 Å². The van der Waals surface area contributed by atoms with Crippen molar-refractivity contribution in [1.29, 1.82) is 0 Å². The molecule has 28 heavy (non-hydrogen) atoms. The highest BCUT2D eigenvalue weighted by Crippen LogP contribution is 2.18. The molecule has 6 heteroatoms. The largest absolute Gasteiger partial charge is 0.492 e. The Bertz CT molecular complexity index is 588. The Morgan fingerprint density at radius 1 is 1.21 bits per heavy atom. The van der Waals surface area contributed by atoms with Gasteiger partial charge in [-0.1, -0.05) is 39.0 Å². The summed E-state index contributed by atoms with van der Waals surface area (Å²) in [5, 5.41) is 6.92.